The van der Waals surface area contributed by atoms with E-state index in [-0.39, 0.29) is 23.5 Å². The fourth-order valence-corrected chi connectivity index (χ4v) is 3.68. The molecule has 3 amide bonds. The summed E-state index contributed by atoms with van der Waals surface area (Å²) in [6.45, 7) is 8.45. The normalized spacial score (nSPS) is 20.7. The van der Waals surface area contributed by atoms with Crippen molar-refractivity contribution < 1.29 is 9.59 Å². The molecule has 1 aliphatic rings. The van der Waals surface area contributed by atoms with Crippen molar-refractivity contribution >= 4 is 11.9 Å². The Labute approximate surface area is 142 Å². The molecule has 1 saturated heterocycles. The number of carbonyl (C=O) groups excluding carboxylic acids is 2. The summed E-state index contributed by atoms with van der Waals surface area (Å²) in [6, 6.07) is -0.539. The second-order valence-corrected chi connectivity index (χ2v) is 7.31. The van der Waals surface area contributed by atoms with Crippen LogP contribution < -0.4 is 5.32 Å². The van der Waals surface area contributed by atoms with Crippen LogP contribution in [0.2, 0.25) is 0 Å². The molecule has 23 heavy (non-hydrogen) atoms. The first kappa shape index (κ1) is 20.0. The Morgan fingerprint density at radius 3 is 1.83 bits per heavy atom. The third-order valence-electron chi connectivity index (χ3n) is 5.19. The summed E-state index contributed by atoms with van der Waals surface area (Å²) >= 11 is 0. The van der Waals surface area contributed by atoms with E-state index in [0.717, 1.165) is 25.7 Å². The van der Waals surface area contributed by atoms with Gasteiger partial charge < -0.3 is 4.90 Å². The quantitative estimate of drug-likeness (QED) is 0.405. The zero-order chi connectivity index (χ0) is 17.3. The molecular formula is C19H36N2O2. The first-order valence-electron chi connectivity index (χ1n) is 9.60. The van der Waals surface area contributed by atoms with E-state index >= 15 is 0 Å². The lowest BCUT2D eigenvalue weighted by molar-refractivity contribution is -0.122. The summed E-state index contributed by atoms with van der Waals surface area (Å²) in [4.78, 5) is 25.9. The number of hydrogen-bond acceptors (Lipinski definition) is 2. The zero-order valence-corrected chi connectivity index (χ0v) is 15.6. The summed E-state index contributed by atoms with van der Waals surface area (Å²) in [6.07, 6.45) is 12.9. The van der Waals surface area contributed by atoms with E-state index in [2.05, 4.69) is 26.1 Å². The zero-order valence-electron chi connectivity index (χ0n) is 15.6. The number of unbranched alkanes of at least 4 members (excludes halogenated alkanes) is 7. The maximum absolute atomic E-state index is 12.3. The molecule has 0 spiro atoms. The molecule has 4 nitrogen and oxygen atoms in total. The molecule has 1 N–H and O–H groups in total. The highest BCUT2D eigenvalue weighted by molar-refractivity contribution is 6.04. The van der Waals surface area contributed by atoms with Crippen molar-refractivity contribution in [3.63, 3.8) is 0 Å². The van der Waals surface area contributed by atoms with Crippen LogP contribution in [-0.2, 0) is 4.79 Å². The summed E-state index contributed by atoms with van der Waals surface area (Å²) in [5.41, 5.74) is -0.199. The number of imide groups is 1. The Hall–Kier alpha value is -1.06. The first-order valence-corrected chi connectivity index (χ1v) is 9.60. The van der Waals surface area contributed by atoms with Crippen molar-refractivity contribution in [2.45, 2.75) is 110 Å². The molecule has 134 valence electrons. The van der Waals surface area contributed by atoms with Gasteiger partial charge in [0, 0.05) is 5.54 Å². The minimum absolute atomic E-state index is 0.152. The van der Waals surface area contributed by atoms with Crippen molar-refractivity contribution in [1.82, 2.24) is 10.2 Å². The maximum atomic E-state index is 12.3. The Balaban J connectivity index is 2.66. The predicted octanol–water partition coefficient (Wildman–Crippen LogP) is 5.02. The molecule has 0 bridgehead atoms. The third-order valence-corrected chi connectivity index (χ3v) is 5.19. The van der Waals surface area contributed by atoms with Crippen molar-refractivity contribution in [2.24, 2.45) is 0 Å². The Morgan fingerprint density at radius 2 is 1.39 bits per heavy atom. The SMILES string of the molecule is CCCCCCCC(C)(CCCCCC)N1C(=O)NC(=O)[C@H]1C. The van der Waals surface area contributed by atoms with E-state index in [9.17, 15) is 9.59 Å². The molecule has 1 rings (SSSR count). The van der Waals surface area contributed by atoms with Gasteiger partial charge in [0.05, 0.1) is 0 Å². The van der Waals surface area contributed by atoms with Crippen molar-refractivity contribution in [3.05, 3.63) is 0 Å². The summed E-state index contributed by atoms with van der Waals surface area (Å²) < 4.78 is 0. The molecule has 2 atom stereocenters. The van der Waals surface area contributed by atoms with Crippen LogP contribution in [0.25, 0.3) is 0 Å². The molecule has 4 heteroatoms. The van der Waals surface area contributed by atoms with Gasteiger partial charge in [0.15, 0.2) is 0 Å². The lowest BCUT2D eigenvalue weighted by Gasteiger charge is -2.40. The maximum Gasteiger partial charge on any atom is 0.325 e. The number of carbonyl (C=O) groups is 2. The topological polar surface area (TPSA) is 49.4 Å². The minimum atomic E-state index is -0.339. The van der Waals surface area contributed by atoms with Crippen LogP contribution in [0.5, 0.6) is 0 Å². The van der Waals surface area contributed by atoms with Crippen LogP contribution in [0.1, 0.15) is 98.3 Å². The van der Waals surface area contributed by atoms with Crippen LogP contribution in [0.4, 0.5) is 4.79 Å². The number of amides is 3. The monoisotopic (exact) mass is 324 g/mol. The van der Waals surface area contributed by atoms with Gasteiger partial charge >= 0.3 is 6.03 Å². The molecular weight excluding hydrogens is 288 g/mol. The largest absolute Gasteiger partial charge is 0.325 e. The van der Waals surface area contributed by atoms with Gasteiger partial charge in [-0.05, 0) is 26.7 Å². The molecule has 0 aromatic carbocycles. The molecule has 1 aliphatic heterocycles. The van der Waals surface area contributed by atoms with E-state index in [0.29, 0.717) is 0 Å². The molecule has 1 unspecified atom stereocenters. The average Bonchev–Trinajstić information content (AvgIpc) is 2.77. The molecule has 0 radical (unpaired) electrons. The Bertz CT molecular complexity index is 384. The first-order chi connectivity index (χ1) is 11.0. The number of urea groups is 1. The third kappa shape index (κ3) is 5.82. The number of nitrogens with one attached hydrogen (secondary N) is 1. The second-order valence-electron chi connectivity index (χ2n) is 7.31. The van der Waals surface area contributed by atoms with Gasteiger partial charge in [-0.15, -0.1) is 0 Å². The highest BCUT2D eigenvalue weighted by Gasteiger charge is 2.45. The molecule has 0 aliphatic carbocycles. The van der Waals surface area contributed by atoms with E-state index in [1.54, 1.807) is 0 Å². The highest BCUT2D eigenvalue weighted by atomic mass is 16.2. The van der Waals surface area contributed by atoms with E-state index in [4.69, 9.17) is 0 Å². The van der Waals surface area contributed by atoms with Crippen LogP contribution in [0.3, 0.4) is 0 Å². The van der Waals surface area contributed by atoms with E-state index in [1.165, 1.54) is 44.9 Å². The summed E-state index contributed by atoms with van der Waals surface area (Å²) in [5.74, 6) is -0.152. The van der Waals surface area contributed by atoms with Gasteiger partial charge in [-0.25, -0.2) is 4.79 Å². The van der Waals surface area contributed by atoms with Crippen LogP contribution in [0.15, 0.2) is 0 Å². The highest BCUT2D eigenvalue weighted by Crippen LogP contribution is 2.33. The van der Waals surface area contributed by atoms with E-state index in [1.807, 2.05) is 11.8 Å². The Morgan fingerprint density at radius 1 is 0.913 bits per heavy atom. The molecule has 0 aromatic heterocycles. The van der Waals surface area contributed by atoms with Crippen LogP contribution in [0, 0.1) is 0 Å². The fraction of sp³-hybridized carbons (Fsp3) is 0.895. The van der Waals surface area contributed by atoms with E-state index < -0.39 is 0 Å². The molecule has 0 aromatic rings. The van der Waals surface area contributed by atoms with Gasteiger partial charge in [-0.2, -0.15) is 0 Å². The fourth-order valence-electron chi connectivity index (χ4n) is 3.68. The summed E-state index contributed by atoms with van der Waals surface area (Å²) in [7, 11) is 0. The summed E-state index contributed by atoms with van der Waals surface area (Å²) in [5, 5.41) is 2.48. The number of nitrogens with zero attached hydrogens (tertiary/aromatic N) is 1. The minimum Gasteiger partial charge on any atom is -0.307 e. The van der Waals surface area contributed by atoms with Gasteiger partial charge in [0.2, 0.25) is 0 Å². The Kier molecular flexibility index (Phi) is 8.64. The second kappa shape index (κ2) is 9.94. The standard InChI is InChI=1S/C19H36N2O2/c1-5-7-9-11-13-15-19(4,14-12-10-8-6-2)21-16(3)17(22)20-18(21)23/h16H,5-15H2,1-4H3,(H,20,22,23)/t16-,19?/m1/s1. The van der Waals surface area contributed by atoms with Crippen molar-refractivity contribution in [1.29, 1.82) is 0 Å². The van der Waals surface area contributed by atoms with Crippen molar-refractivity contribution in [2.75, 3.05) is 0 Å². The lowest BCUT2D eigenvalue weighted by atomic mass is 9.85. The van der Waals surface area contributed by atoms with Crippen LogP contribution >= 0.6 is 0 Å². The van der Waals surface area contributed by atoms with Crippen molar-refractivity contribution in [3.8, 4) is 0 Å². The predicted molar refractivity (Wildman–Crippen MR) is 95.4 cm³/mol. The van der Waals surface area contributed by atoms with Gasteiger partial charge in [0.25, 0.3) is 5.91 Å². The molecule has 1 fully saturated rings. The smallest absolute Gasteiger partial charge is 0.307 e. The number of rotatable bonds is 12. The lowest BCUT2D eigenvalue weighted by Crippen LogP contribution is -2.51. The van der Waals surface area contributed by atoms with Crippen LogP contribution in [-0.4, -0.2) is 28.4 Å². The van der Waals surface area contributed by atoms with Gasteiger partial charge in [0.1, 0.15) is 6.04 Å². The van der Waals surface area contributed by atoms with Gasteiger partial charge in [-0.3, -0.25) is 10.1 Å². The number of hydrogen-bond donors (Lipinski definition) is 1. The molecule has 1 heterocycles. The van der Waals surface area contributed by atoms with Gasteiger partial charge in [-0.1, -0.05) is 71.6 Å². The molecule has 0 saturated carbocycles. The average molecular weight is 325 g/mol.